The summed E-state index contributed by atoms with van der Waals surface area (Å²) in [6.07, 6.45) is -1.26. The molecule has 0 radical (unpaired) electrons. The smallest absolute Gasteiger partial charge is 0.349 e. The quantitative estimate of drug-likeness (QED) is 0.624. The Morgan fingerprint density at radius 1 is 1.79 bits per heavy atom. The van der Waals surface area contributed by atoms with Crippen LogP contribution in [0.15, 0.2) is 17.1 Å². The number of alkyl halides is 1. The average Bonchev–Trinajstić information content (AvgIpc) is 3.04. The lowest BCUT2D eigenvalue weighted by Crippen LogP contribution is -2.42. The topological polar surface area (TPSA) is 111 Å². The van der Waals surface area contributed by atoms with Gasteiger partial charge >= 0.3 is 5.69 Å². The van der Waals surface area contributed by atoms with Crippen LogP contribution in [0.25, 0.3) is 0 Å². The summed E-state index contributed by atoms with van der Waals surface area (Å²) in [5.41, 5.74) is 2.67. The summed E-state index contributed by atoms with van der Waals surface area (Å²) in [5, 5.41) is 18.9. The molecule has 7 nitrogen and oxygen atoms in total. The van der Waals surface area contributed by atoms with Crippen LogP contribution >= 0.6 is 0 Å². The van der Waals surface area contributed by atoms with Crippen molar-refractivity contribution in [3.05, 3.63) is 22.7 Å². The van der Waals surface area contributed by atoms with Crippen LogP contribution in [0.1, 0.15) is 12.5 Å². The van der Waals surface area contributed by atoms with Crippen LogP contribution in [0.4, 0.5) is 10.2 Å². The zero-order valence-corrected chi connectivity index (χ0v) is 10.4. The second kappa shape index (κ2) is 4.87. The molecule has 2 unspecified atom stereocenters. The van der Waals surface area contributed by atoms with Gasteiger partial charge in [-0.25, -0.2) is 9.18 Å². The van der Waals surface area contributed by atoms with Gasteiger partial charge in [0.05, 0.1) is 12.6 Å². The average molecular weight is 273 g/mol. The van der Waals surface area contributed by atoms with Gasteiger partial charge in [-0.15, -0.1) is 0 Å². The molecule has 19 heavy (non-hydrogen) atoms. The fourth-order valence-electron chi connectivity index (χ4n) is 2.16. The molecule has 2 rings (SSSR count). The van der Waals surface area contributed by atoms with Gasteiger partial charge in [0, 0.05) is 19.7 Å². The number of aliphatic hydroxyl groups excluding tert-OH is 2. The Hall–Kier alpha value is -1.51. The summed E-state index contributed by atoms with van der Waals surface area (Å²) in [7, 11) is 1.27. The van der Waals surface area contributed by atoms with Crippen LogP contribution in [0, 0.1) is 0 Å². The maximum absolute atomic E-state index is 14.5. The Labute approximate surface area is 108 Å². The lowest BCUT2D eigenvalue weighted by molar-refractivity contribution is -0.0833. The van der Waals surface area contributed by atoms with Gasteiger partial charge in [-0.1, -0.05) is 0 Å². The number of rotatable bonds is 5. The summed E-state index contributed by atoms with van der Waals surface area (Å²) in [6.45, 7) is -0.509. The van der Waals surface area contributed by atoms with Crippen molar-refractivity contribution in [1.82, 2.24) is 9.55 Å². The van der Waals surface area contributed by atoms with E-state index in [0.29, 0.717) is 0 Å². The lowest BCUT2D eigenvalue weighted by Gasteiger charge is -2.23. The Morgan fingerprint density at radius 3 is 3.00 bits per heavy atom. The van der Waals surface area contributed by atoms with Crippen molar-refractivity contribution in [2.75, 3.05) is 19.5 Å². The highest BCUT2D eigenvalue weighted by atomic mass is 19.1. The molecule has 0 amide bonds. The second-order valence-electron chi connectivity index (χ2n) is 4.59. The van der Waals surface area contributed by atoms with E-state index in [2.05, 4.69) is 4.98 Å². The van der Waals surface area contributed by atoms with E-state index in [1.54, 1.807) is 0 Å². The minimum atomic E-state index is -2.01. The van der Waals surface area contributed by atoms with Crippen LogP contribution in [0.2, 0.25) is 0 Å². The molecule has 1 heterocycles. The number of aliphatic hydroxyl groups is 2. The second-order valence-corrected chi connectivity index (χ2v) is 4.59. The van der Waals surface area contributed by atoms with Gasteiger partial charge in [0.15, 0.2) is 5.67 Å². The van der Waals surface area contributed by atoms with E-state index < -0.39 is 36.2 Å². The van der Waals surface area contributed by atoms with Crippen molar-refractivity contribution in [2.24, 2.45) is 0 Å². The van der Waals surface area contributed by atoms with Gasteiger partial charge in [-0.05, 0) is 6.07 Å². The first kappa shape index (κ1) is 13.9. The third kappa shape index (κ3) is 2.34. The van der Waals surface area contributed by atoms with Crippen molar-refractivity contribution >= 4 is 5.82 Å². The third-order valence-corrected chi connectivity index (χ3v) is 3.41. The van der Waals surface area contributed by atoms with Crippen molar-refractivity contribution in [1.29, 1.82) is 0 Å². The molecule has 0 bridgehead atoms. The largest absolute Gasteiger partial charge is 0.394 e. The van der Waals surface area contributed by atoms with E-state index in [0.717, 1.165) is 4.57 Å². The molecule has 0 spiro atoms. The van der Waals surface area contributed by atoms with E-state index >= 15 is 0 Å². The van der Waals surface area contributed by atoms with Gasteiger partial charge in [0.2, 0.25) is 0 Å². The van der Waals surface area contributed by atoms with E-state index in [-0.39, 0.29) is 12.2 Å². The Bertz CT molecular complexity index is 519. The maximum atomic E-state index is 14.5. The summed E-state index contributed by atoms with van der Waals surface area (Å²) in [4.78, 5) is 15.1. The number of hydrogen-bond donors (Lipinski definition) is 3. The fraction of sp³-hybridized carbons (Fsp3) is 0.636. The number of anilines is 1. The Morgan fingerprint density at radius 2 is 2.47 bits per heavy atom. The molecule has 1 aromatic heterocycles. The first-order chi connectivity index (χ1) is 8.93. The van der Waals surface area contributed by atoms with Crippen molar-refractivity contribution < 1.29 is 19.3 Å². The molecule has 1 fully saturated rings. The SMILES string of the molecule is CO[C@H](CO)C(O)C1(F)C[C@H]1n1ccc(N)nc1=O. The highest BCUT2D eigenvalue weighted by molar-refractivity contribution is 5.25. The zero-order valence-electron chi connectivity index (χ0n) is 10.4. The van der Waals surface area contributed by atoms with E-state index in [1.807, 2.05) is 0 Å². The summed E-state index contributed by atoms with van der Waals surface area (Å²) < 4.78 is 20.4. The summed E-state index contributed by atoms with van der Waals surface area (Å²) in [6, 6.07) is 0.555. The predicted octanol–water partition coefficient (Wildman–Crippen LogP) is -1.15. The van der Waals surface area contributed by atoms with Gasteiger partial charge in [-0.2, -0.15) is 4.98 Å². The molecular formula is C11H16FN3O4. The third-order valence-electron chi connectivity index (χ3n) is 3.41. The number of methoxy groups -OCH3 is 1. The minimum absolute atomic E-state index is 0.0421. The Balaban J connectivity index is 2.20. The summed E-state index contributed by atoms with van der Waals surface area (Å²) in [5.74, 6) is 0.0528. The Kier molecular flexibility index (Phi) is 3.57. The molecule has 1 saturated carbocycles. The molecule has 106 valence electrons. The highest BCUT2D eigenvalue weighted by Gasteiger charge is 2.63. The molecule has 4 atom stereocenters. The number of nitrogens with zero attached hydrogens (tertiary/aromatic N) is 2. The zero-order chi connectivity index (χ0) is 14.2. The standard InChI is InChI=1S/C11H16FN3O4/c1-19-6(5-16)9(17)11(12)4-7(11)15-3-2-8(13)14-10(15)18/h2-3,6-7,9,16-17H,4-5H2,1H3,(H2,13,14,18)/t6-,7-,9?,11?/m1/s1. The molecule has 4 N–H and O–H groups in total. The summed E-state index contributed by atoms with van der Waals surface area (Å²) >= 11 is 0. The van der Waals surface area contributed by atoms with Gasteiger partial charge < -0.3 is 20.7 Å². The fourth-order valence-corrected chi connectivity index (χ4v) is 2.16. The predicted molar refractivity (Wildman–Crippen MR) is 64.3 cm³/mol. The molecular weight excluding hydrogens is 257 g/mol. The minimum Gasteiger partial charge on any atom is -0.394 e. The number of nitrogens with two attached hydrogens (primary N) is 1. The van der Waals surface area contributed by atoms with Crippen molar-refractivity contribution in [3.8, 4) is 0 Å². The normalized spacial score (nSPS) is 28.9. The number of nitrogen functional groups attached to an aromatic ring is 1. The van der Waals surface area contributed by atoms with Crippen molar-refractivity contribution in [3.63, 3.8) is 0 Å². The van der Waals surface area contributed by atoms with Crippen LogP contribution in [-0.2, 0) is 4.74 Å². The van der Waals surface area contributed by atoms with Crippen LogP contribution in [-0.4, -0.2) is 51.4 Å². The van der Waals surface area contributed by atoms with Gasteiger partial charge in [-0.3, -0.25) is 4.57 Å². The molecule has 1 aliphatic rings. The van der Waals surface area contributed by atoms with E-state index in [9.17, 15) is 14.3 Å². The van der Waals surface area contributed by atoms with Crippen LogP contribution < -0.4 is 11.4 Å². The lowest BCUT2D eigenvalue weighted by atomic mass is 10.1. The molecule has 0 aromatic carbocycles. The highest BCUT2D eigenvalue weighted by Crippen LogP contribution is 2.53. The van der Waals surface area contributed by atoms with E-state index in [1.165, 1.54) is 19.4 Å². The number of ether oxygens (including phenoxy) is 1. The van der Waals surface area contributed by atoms with Crippen LogP contribution in [0.5, 0.6) is 0 Å². The number of aromatic nitrogens is 2. The monoisotopic (exact) mass is 273 g/mol. The van der Waals surface area contributed by atoms with Crippen LogP contribution in [0.3, 0.4) is 0 Å². The molecule has 1 aliphatic carbocycles. The number of hydrogen-bond acceptors (Lipinski definition) is 6. The first-order valence-corrected chi connectivity index (χ1v) is 5.79. The van der Waals surface area contributed by atoms with Crippen molar-refractivity contribution in [2.45, 2.75) is 30.3 Å². The molecule has 0 aliphatic heterocycles. The van der Waals surface area contributed by atoms with E-state index in [4.69, 9.17) is 15.6 Å². The van der Waals surface area contributed by atoms with Gasteiger partial charge in [0.1, 0.15) is 18.0 Å². The molecule has 0 saturated heterocycles. The molecule has 8 heteroatoms. The van der Waals surface area contributed by atoms with Gasteiger partial charge in [0.25, 0.3) is 0 Å². The number of halogens is 1. The molecule has 1 aromatic rings. The first-order valence-electron chi connectivity index (χ1n) is 5.79. The maximum Gasteiger partial charge on any atom is 0.349 e.